The van der Waals surface area contributed by atoms with Crippen molar-refractivity contribution in [3.8, 4) is 10.6 Å². The molecule has 0 atom stereocenters. The van der Waals surface area contributed by atoms with E-state index in [1.165, 1.54) is 39.5 Å². The Morgan fingerprint density at radius 2 is 1.80 bits per heavy atom. The molecule has 3 aromatic heterocycles. The number of para-hydroxylation sites is 1. The van der Waals surface area contributed by atoms with Crippen molar-refractivity contribution in [1.29, 1.82) is 0 Å². The largest absolute Gasteiger partial charge is 0.312 e. The van der Waals surface area contributed by atoms with Gasteiger partial charge >= 0.3 is 0 Å². The Balaban J connectivity index is 1.24. The Morgan fingerprint density at radius 1 is 0.975 bits per heavy atom. The first-order valence-electron chi connectivity index (χ1n) is 12.8. The van der Waals surface area contributed by atoms with E-state index in [1.807, 2.05) is 24.3 Å². The maximum Gasteiger partial charge on any atom is 0.270 e. The van der Waals surface area contributed by atoms with Crippen LogP contribution in [0.5, 0.6) is 0 Å². The van der Waals surface area contributed by atoms with Gasteiger partial charge in [-0.25, -0.2) is 4.98 Å². The van der Waals surface area contributed by atoms with Crippen LogP contribution in [0.25, 0.3) is 30.9 Å². The van der Waals surface area contributed by atoms with Gasteiger partial charge in [-0.2, -0.15) is 0 Å². The van der Waals surface area contributed by atoms with Crippen molar-refractivity contribution < 1.29 is 9.72 Å². The van der Waals surface area contributed by atoms with Gasteiger partial charge in [0.25, 0.3) is 11.6 Å². The molecule has 0 spiro atoms. The number of nitro groups is 1. The summed E-state index contributed by atoms with van der Waals surface area (Å²) in [4.78, 5) is 33.5. The number of thiazole rings is 1. The van der Waals surface area contributed by atoms with E-state index in [2.05, 4.69) is 40.5 Å². The molecule has 0 radical (unpaired) electrons. The fourth-order valence-electron chi connectivity index (χ4n) is 5.15. The summed E-state index contributed by atoms with van der Waals surface area (Å²) < 4.78 is 1.95. The molecule has 1 aliphatic heterocycles. The molecule has 6 aromatic rings. The van der Waals surface area contributed by atoms with Gasteiger partial charge in [-0.1, -0.05) is 42.5 Å². The number of hydrogen-bond donors (Lipinski definition) is 1. The van der Waals surface area contributed by atoms with Gasteiger partial charge in [-0.3, -0.25) is 19.8 Å². The van der Waals surface area contributed by atoms with Gasteiger partial charge in [-0.15, -0.1) is 34.0 Å². The summed E-state index contributed by atoms with van der Waals surface area (Å²) in [6.07, 6.45) is 0.881. The molecule has 3 aromatic carbocycles. The summed E-state index contributed by atoms with van der Waals surface area (Å²) >= 11 is 4.61. The fourth-order valence-corrected chi connectivity index (χ4v) is 8.48. The number of carbonyl (C=O) groups excluding carboxylic acids is 1. The summed E-state index contributed by atoms with van der Waals surface area (Å²) in [6.45, 7) is 2.62. The molecule has 1 aliphatic rings. The zero-order valence-corrected chi connectivity index (χ0v) is 23.6. The molecule has 0 aliphatic carbocycles. The van der Waals surface area contributed by atoms with Gasteiger partial charge in [0.2, 0.25) is 0 Å². The van der Waals surface area contributed by atoms with Crippen LogP contribution in [-0.2, 0) is 19.5 Å². The summed E-state index contributed by atoms with van der Waals surface area (Å²) in [5, 5.41) is 16.8. The predicted molar refractivity (Wildman–Crippen MR) is 164 cm³/mol. The highest BCUT2D eigenvalue weighted by Gasteiger charge is 2.28. The van der Waals surface area contributed by atoms with Crippen LogP contribution in [0.3, 0.4) is 0 Å². The number of rotatable bonds is 6. The van der Waals surface area contributed by atoms with Crippen molar-refractivity contribution in [2.75, 3.05) is 11.9 Å². The molecular formula is C30H22N4O3S3. The van der Waals surface area contributed by atoms with E-state index in [0.29, 0.717) is 10.3 Å². The van der Waals surface area contributed by atoms with Crippen LogP contribution in [0, 0.1) is 10.1 Å². The maximum absolute atomic E-state index is 13.5. The third kappa shape index (κ3) is 4.69. The highest BCUT2D eigenvalue weighted by atomic mass is 32.1. The Bertz CT molecular complexity index is 1870. The van der Waals surface area contributed by atoms with Gasteiger partial charge in [0.05, 0.1) is 20.0 Å². The molecule has 40 heavy (non-hydrogen) atoms. The van der Waals surface area contributed by atoms with E-state index in [4.69, 9.17) is 4.98 Å². The van der Waals surface area contributed by atoms with E-state index in [9.17, 15) is 14.9 Å². The number of anilines is 1. The van der Waals surface area contributed by atoms with E-state index in [1.54, 1.807) is 34.8 Å². The summed E-state index contributed by atoms with van der Waals surface area (Å²) in [7, 11) is 0. The van der Waals surface area contributed by atoms with Gasteiger partial charge in [-0.05, 0) is 41.8 Å². The number of thiophene rings is 2. The average Bonchev–Trinajstić information content (AvgIpc) is 3.67. The number of nitro benzene ring substituents is 1. The number of non-ortho nitro benzene ring substituents is 1. The van der Waals surface area contributed by atoms with Crippen LogP contribution in [0.15, 0.2) is 78.9 Å². The monoisotopic (exact) mass is 582 g/mol. The van der Waals surface area contributed by atoms with E-state index in [-0.39, 0.29) is 11.6 Å². The van der Waals surface area contributed by atoms with Crippen LogP contribution in [-0.4, -0.2) is 27.3 Å². The van der Waals surface area contributed by atoms with E-state index in [0.717, 1.165) is 56.5 Å². The topological polar surface area (TPSA) is 88.4 Å². The second kappa shape index (κ2) is 10.2. The lowest BCUT2D eigenvalue weighted by Gasteiger charge is -2.27. The lowest BCUT2D eigenvalue weighted by molar-refractivity contribution is -0.384. The average molecular weight is 583 g/mol. The Hall–Kier alpha value is -3.96. The number of nitrogens with one attached hydrogen (secondary N) is 1. The minimum Gasteiger partial charge on any atom is -0.312 e. The zero-order chi connectivity index (χ0) is 27.2. The van der Waals surface area contributed by atoms with Gasteiger partial charge < -0.3 is 5.32 Å². The SMILES string of the molecule is O=C(Nc1sc2c(c1-c1nc3ccccc3s1)CCN(Cc1ccccc1)C2)c1cc2cc([N+](=O)[O-])ccc2s1. The van der Waals surface area contributed by atoms with Crippen molar-refractivity contribution in [3.05, 3.63) is 110 Å². The van der Waals surface area contributed by atoms with Crippen LogP contribution in [0.1, 0.15) is 25.7 Å². The van der Waals surface area contributed by atoms with Gasteiger partial charge in [0, 0.05) is 52.3 Å². The molecule has 0 saturated heterocycles. The Kier molecular flexibility index (Phi) is 6.39. The number of amides is 1. The van der Waals surface area contributed by atoms with Crippen LogP contribution >= 0.6 is 34.0 Å². The Morgan fingerprint density at radius 3 is 2.62 bits per heavy atom. The second-order valence-electron chi connectivity index (χ2n) is 9.68. The molecule has 7 rings (SSSR count). The second-order valence-corrected chi connectivity index (χ2v) is 12.9. The molecule has 0 bridgehead atoms. The van der Waals surface area contributed by atoms with Gasteiger partial charge in [0.1, 0.15) is 10.0 Å². The lowest BCUT2D eigenvalue weighted by Crippen LogP contribution is -2.29. The summed E-state index contributed by atoms with van der Waals surface area (Å²) in [5.74, 6) is -0.217. The van der Waals surface area contributed by atoms with Crippen molar-refractivity contribution in [3.63, 3.8) is 0 Å². The highest BCUT2D eigenvalue weighted by molar-refractivity contribution is 7.23. The molecule has 1 amide bonds. The maximum atomic E-state index is 13.5. The molecule has 7 nitrogen and oxygen atoms in total. The number of hydrogen-bond acceptors (Lipinski definition) is 8. The molecule has 4 heterocycles. The lowest BCUT2D eigenvalue weighted by atomic mass is 10.0. The molecule has 1 N–H and O–H groups in total. The van der Waals surface area contributed by atoms with Crippen molar-refractivity contribution in [1.82, 2.24) is 9.88 Å². The number of aromatic nitrogens is 1. The first-order chi connectivity index (χ1) is 19.5. The molecule has 10 heteroatoms. The number of carbonyl (C=O) groups is 1. The van der Waals surface area contributed by atoms with Crippen LogP contribution in [0.2, 0.25) is 0 Å². The third-order valence-electron chi connectivity index (χ3n) is 7.05. The summed E-state index contributed by atoms with van der Waals surface area (Å²) in [5.41, 5.74) is 4.53. The number of nitrogens with zero attached hydrogens (tertiary/aromatic N) is 3. The highest BCUT2D eigenvalue weighted by Crippen LogP contribution is 2.46. The molecule has 198 valence electrons. The van der Waals surface area contributed by atoms with Crippen molar-refractivity contribution in [2.24, 2.45) is 0 Å². The predicted octanol–water partition coefficient (Wildman–Crippen LogP) is 7.96. The standard InChI is InChI=1S/C30H22N4O3S3/c35-28(25-15-19-14-20(34(36)37)10-11-23(19)38-25)32-30-27(29-31-22-8-4-5-9-24(22)39-29)21-12-13-33(17-26(21)40-30)16-18-6-2-1-3-7-18/h1-11,14-15H,12-13,16-17H2,(H,32,35). The minimum absolute atomic E-state index is 0.0152. The normalized spacial score (nSPS) is 13.5. The van der Waals surface area contributed by atoms with Gasteiger partial charge in [0.15, 0.2) is 0 Å². The smallest absolute Gasteiger partial charge is 0.270 e. The molecular weight excluding hydrogens is 561 g/mol. The molecule has 0 unspecified atom stereocenters. The first kappa shape index (κ1) is 25.0. The van der Waals surface area contributed by atoms with Crippen LogP contribution < -0.4 is 5.32 Å². The third-order valence-corrected chi connectivity index (χ3v) is 10.4. The minimum atomic E-state index is -0.418. The summed E-state index contributed by atoms with van der Waals surface area (Å²) in [6, 6.07) is 25.0. The first-order valence-corrected chi connectivity index (χ1v) is 15.2. The Labute approximate surface area is 241 Å². The quantitative estimate of drug-likeness (QED) is 0.159. The van der Waals surface area contributed by atoms with Crippen molar-refractivity contribution >= 4 is 70.9 Å². The zero-order valence-electron chi connectivity index (χ0n) is 21.1. The molecule has 0 saturated carbocycles. The number of benzene rings is 3. The van der Waals surface area contributed by atoms with E-state index >= 15 is 0 Å². The van der Waals surface area contributed by atoms with E-state index < -0.39 is 4.92 Å². The van der Waals surface area contributed by atoms with Crippen molar-refractivity contribution in [2.45, 2.75) is 19.5 Å². The van der Waals surface area contributed by atoms with Crippen LogP contribution in [0.4, 0.5) is 10.7 Å². The number of fused-ring (bicyclic) bond motifs is 3. The molecule has 0 fully saturated rings. The fraction of sp³-hybridized carbons (Fsp3) is 0.133.